The maximum atomic E-state index is 12.4. The second-order valence-corrected chi connectivity index (χ2v) is 8.05. The van der Waals surface area contributed by atoms with Crippen molar-refractivity contribution in [1.29, 1.82) is 0 Å². The summed E-state index contributed by atoms with van der Waals surface area (Å²) < 4.78 is 50.8. The van der Waals surface area contributed by atoms with Gasteiger partial charge in [-0.2, -0.15) is 13.1 Å². The standard InChI is InChI=1S/C13H17F2NO2S2/c1-10-2-4-12(5-3-10)20(17,18)16-8-6-11(7-9-16)19-13(14)15/h2-5,11,13H,6-9H2,1H3. The molecule has 1 heterocycles. The Labute approximate surface area is 122 Å². The molecule has 0 saturated carbocycles. The summed E-state index contributed by atoms with van der Waals surface area (Å²) >= 11 is 0.631. The van der Waals surface area contributed by atoms with E-state index in [1.807, 2.05) is 6.92 Å². The molecule has 112 valence electrons. The molecule has 0 radical (unpaired) electrons. The lowest BCUT2D eigenvalue weighted by atomic mass is 10.2. The van der Waals surface area contributed by atoms with Gasteiger partial charge in [-0.25, -0.2) is 8.42 Å². The van der Waals surface area contributed by atoms with E-state index in [9.17, 15) is 17.2 Å². The first-order chi connectivity index (χ1) is 9.39. The van der Waals surface area contributed by atoms with Crippen molar-refractivity contribution in [2.45, 2.75) is 35.7 Å². The molecule has 0 aromatic heterocycles. The van der Waals surface area contributed by atoms with Crippen LogP contribution in [0, 0.1) is 6.92 Å². The van der Waals surface area contributed by atoms with Crippen molar-refractivity contribution < 1.29 is 17.2 Å². The number of thioether (sulfide) groups is 1. The van der Waals surface area contributed by atoms with E-state index in [1.165, 1.54) is 4.31 Å². The summed E-state index contributed by atoms with van der Waals surface area (Å²) in [6.07, 6.45) is 0.945. The number of aryl methyl sites for hydroxylation is 1. The Morgan fingerprint density at radius 3 is 2.25 bits per heavy atom. The number of hydrogen-bond acceptors (Lipinski definition) is 3. The molecule has 20 heavy (non-hydrogen) atoms. The van der Waals surface area contributed by atoms with E-state index in [0.717, 1.165) is 5.56 Å². The van der Waals surface area contributed by atoms with E-state index in [-0.39, 0.29) is 10.1 Å². The molecule has 0 unspecified atom stereocenters. The summed E-state index contributed by atoms with van der Waals surface area (Å²) in [6, 6.07) is 6.69. The van der Waals surface area contributed by atoms with E-state index in [2.05, 4.69) is 0 Å². The van der Waals surface area contributed by atoms with Gasteiger partial charge in [0.15, 0.2) is 0 Å². The van der Waals surface area contributed by atoms with Crippen LogP contribution in [0.2, 0.25) is 0 Å². The third-order valence-electron chi connectivity index (χ3n) is 3.36. The molecule has 0 bridgehead atoms. The molecule has 1 aliphatic heterocycles. The summed E-state index contributed by atoms with van der Waals surface area (Å²) in [6.45, 7) is 2.50. The largest absolute Gasteiger partial charge is 0.284 e. The number of hydrogen-bond donors (Lipinski definition) is 0. The molecule has 7 heteroatoms. The Kier molecular flexibility index (Phi) is 5.04. The minimum Gasteiger partial charge on any atom is -0.207 e. The number of sulfonamides is 1. The van der Waals surface area contributed by atoms with Crippen LogP contribution in [0.25, 0.3) is 0 Å². The van der Waals surface area contributed by atoms with Gasteiger partial charge in [-0.1, -0.05) is 29.5 Å². The van der Waals surface area contributed by atoms with Crippen molar-refractivity contribution in [3.8, 4) is 0 Å². The molecule has 1 saturated heterocycles. The third kappa shape index (κ3) is 3.71. The smallest absolute Gasteiger partial charge is 0.207 e. The van der Waals surface area contributed by atoms with Gasteiger partial charge >= 0.3 is 0 Å². The highest BCUT2D eigenvalue weighted by atomic mass is 32.2. The molecule has 0 N–H and O–H groups in total. The molecule has 1 aliphatic rings. The van der Waals surface area contributed by atoms with E-state index >= 15 is 0 Å². The van der Waals surface area contributed by atoms with Crippen molar-refractivity contribution in [3.63, 3.8) is 0 Å². The van der Waals surface area contributed by atoms with Gasteiger partial charge in [0, 0.05) is 18.3 Å². The fourth-order valence-corrected chi connectivity index (χ4v) is 4.46. The van der Waals surface area contributed by atoms with Crippen LogP contribution in [-0.2, 0) is 10.0 Å². The van der Waals surface area contributed by atoms with Crippen molar-refractivity contribution in [2.75, 3.05) is 13.1 Å². The Hall–Kier alpha value is -0.660. The second-order valence-electron chi connectivity index (χ2n) is 4.81. The van der Waals surface area contributed by atoms with E-state index in [0.29, 0.717) is 37.7 Å². The van der Waals surface area contributed by atoms with Crippen LogP contribution in [0.4, 0.5) is 8.78 Å². The highest BCUT2D eigenvalue weighted by Gasteiger charge is 2.30. The normalized spacial score (nSPS) is 18.6. The first-order valence-electron chi connectivity index (χ1n) is 6.40. The summed E-state index contributed by atoms with van der Waals surface area (Å²) in [7, 11) is -3.49. The predicted molar refractivity (Wildman–Crippen MR) is 76.6 cm³/mol. The number of alkyl halides is 2. The van der Waals surface area contributed by atoms with Crippen LogP contribution in [-0.4, -0.2) is 36.8 Å². The van der Waals surface area contributed by atoms with Crippen LogP contribution >= 0.6 is 11.8 Å². The zero-order valence-electron chi connectivity index (χ0n) is 11.1. The topological polar surface area (TPSA) is 37.4 Å². The molecule has 1 aromatic carbocycles. The Balaban J connectivity index is 2.04. The van der Waals surface area contributed by atoms with Crippen LogP contribution in [0.15, 0.2) is 29.2 Å². The van der Waals surface area contributed by atoms with Crippen molar-refractivity contribution in [1.82, 2.24) is 4.31 Å². The van der Waals surface area contributed by atoms with Crippen LogP contribution in [0.1, 0.15) is 18.4 Å². The first-order valence-corrected chi connectivity index (χ1v) is 8.78. The highest BCUT2D eigenvalue weighted by molar-refractivity contribution is 8.00. The number of rotatable bonds is 4. The minimum atomic E-state index is -3.49. The second kappa shape index (κ2) is 6.41. The fourth-order valence-electron chi connectivity index (χ4n) is 2.21. The number of halogens is 2. The van der Waals surface area contributed by atoms with Crippen LogP contribution < -0.4 is 0 Å². The van der Waals surface area contributed by atoms with Crippen LogP contribution in [0.5, 0.6) is 0 Å². The highest BCUT2D eigenvalue weighted by Crippen LogP contribution is 2.30. The summed E-state index contributed by atoms with van der Waals surface area (Å²) in [5.41, 5.74) is 0.996. The van der Waals surface area contributed by atoms with Gasteiger partial charge < -0.3 is 0 Å². The Morgan fingerprint density at radius 2 is 1.75 bits per heavy atom. The zero-order chi connectivity index (χ0) is 14.8. The number of nitrogens with zero attached hydrogens (tertiary/aromatic N) is 1. The molecule has 3 nitrogen and oxygen atoms in total. The maximum absolute atomic E-state index is 12.4. The molecular weight excluding hydrogens is 304 g/mol. The molecule has 1 fully saturated rings. The van der Waals surface area contributed by atoms with Gasteiger partial charge in [0.2, 0.25) is 10.0 Å². The van der Waals surface area contributed by atoms with Gasteiger partial charge in [0.25, 0.3) is 5.76 Å². The first kappa shape index (κ1) is 15.7. The average Bonchev–Trinajstić information content (AvgIpc) is 2.39. The van der Waals surface area contributed by atoms with Gasteiger partial charge in [-0.3, -0.25) is 0 Å². The van der Waals surface area contributed by atoms with Gasteiger partial charge in [-0.05, 0) is 31.9 Å². The van der Waals surface area contributed by atoms with Crippen molar-refractivity contribution in [2.24, 2.45) is 0 Å². The molecule has 1 aromatic rings. The fraction of sp³-hybridized carbons (Fsp3) is 0.538. The van der Waals surface area contributed by atoms with Crippen LogP contribution in [0.3, 0.4) is 0 Å². The monoisotopic (exact) mass is 321 g/mol. The predicted octanol–water partition coefficient (Wildman–Crippen LogP) is 3.10. The van der Waals surface area contributed by atoms with Crippen molar-refractivity contribution >= 4 is 21.8 Å². The average molecular weight is 321 g/mol. The summed E-state index contributed by atoms with van der Waals surface area (Å²) in [5, 5.41) is -0.153. The summed E-state index contributed by atoms with van der Waals surface area (Å²) in [5.74, 6) is -2.39. The lowest BCUT2D eigenvalue weighted by Gasteiger charge is -2.30. The van der Waals surface area contributed by atoms with E-state index in [4.69, 9.17) is 0 Å². The molecule has 0 spiro atoms. The van der Waals surface area contributed by atoms with Crippen molar-refractivity contribution in [3.05, 3.63) is 29.8 Å². The minimum absolute atomic E-state index is 0.153. The van der Waals surface area contributed by atoms with Gasteiger partial charge in [0.05, 0.1) is 4.90 Å². The Bertz CT molecular complexity index is 538. The molecule has 0 atom stereocenters. The molecule has 0 amide bonds. The third-order valence-corrected chi connectivity index (χ3v) is 6.33. The zero-order valence-corrected chi connectivity index (χ0v) is 12.8. The van der Waals surface area contributed by atoms with Gasteiger partial charge in [-0.15, -0.1) is 0 Å². The molecular formula is C13H17F2NO2S2. The van der Waals surface area contributed by atoms with Gasteiger partial charge in [0.1, 0.15) is 0 Å². The number of benzene rings is 1. The number of piperidine rings is 1. The lowest BCUT2D eigenvalue weighted by Crippen LogP contribution is -2.39. The molecule has 2 rings (SSSR count). The van der Waals surface area contributed by atoms with E-state index in [1.54, 1.807) is 24.3 Å². The summed E-state index contributed by atoms with van der Waals surface area (Å²) in [4.78, 5) is 0.267. The maximum Gasteiger partial charge on any atom is 0.284 e. The van der Waals surface area contributed by atoms with E-state index < -0.39 is 15.8 Å². The quantitative estimate of drug-likeness (QED) is 0.855. The SMILES string of the molecule is Cc1ccc(S(=O)(=O)N2CCC(SC(F)F)CC2)cc1. The Morgan fingerprint density at radius 1 is 1.20 bits per heavy atom. The lowest BCUT2D eigenvalue weighted by molar-refractivity contribution is 0.249. The molecule has 0 aliphatic carbocycles.